The highest BCUT2D eigenvalue weighted by Gasteiger charge is 2.01. The molecule has 0 atom stereocenters. The van der Waals surface area contributed by atoms with E-state index in [-0.39, 0.29) is 0 Å². The molecule has 2 heterocycles. The average Bonchev–Trinajstić information content (AvgIpc) is 2.34. The standard InChI is InChI=1S/C8H8N2O/c1-5-7-3-11-4-8(7)10-6(2)9-5/h3-4H,1-2H3. The highest BCUT2D eigenvalue weighted by atomic mass is 16.3. The number of fused-ring (bicyclic) bond motifs is 1. The first-order valence-electron chi connectivity index (χ1n) is 3.44. The zero-order chi connectivity index (χ0) is 7.84. The van der Waals surface area contributed by atoms with Gasteiger partial charge in [-0.25, -0.2) is 9.97 Å². The lowest BCUT2D eigenvalue weighted by Crippen LogP contribution is -1.89. The first-order valence-corrected chi connectivity index (χ1v) is 3.44. The molecule has 0 amide bonds. The molecule has 11 heavy (non-hydrogen) atoms. The second-order valence-corrected chi connectivity index (χ2v) is 2.53. The van der Waals surface area contributed by atoms with E-state index in [1.165, 1.54) is 0 Å². The van der Waals surface area contributed by atoms with Gasteiger partial charge in [-0.2, -0.15) is 0 Å². The van der Waals surface area contributed by atoms with Gasteiger partial charge in [0.2, 0.25) is 0 Å². The minimum atomic E-state index is 0.788. The minimum Gasteiger partial charge on any atom is -0.470 e. The summed E-state index contributed by atoms with van der Waals surface area (Å²) < 4.78 is 5.00. The second-order valence-electron chi connectivity index (χ2n) is 2.53. The Morgan fingerprint density at radius 2 is 2.00 bits per heavy atom. The predicted octanol–water partition coefficient (Wildman–Crippen LogP) is 1.84. The normalized spacial score (nSPS) is 10.7. The van der Waals surface area contributed by atoms with Crippen molar-refractivity contribution in [2.75, 3.05) is 0 Å². The van der Waals surface area contributed by atoms with Crippen LogP contribution in [0, 0.1) is 13.8 Å². The van der Waals surface area contributed by atoms with Crippen molar-refractivity contribution >= 4 is 10.9 Å². The number of furan rings is 1. The van der Waals surface area contributed by atoms with E-state index in [1.54, 1.807) is 12.5 Å². The molecule has 0 N–H and O–H groups in total. The van der Waals surface area contributed by atoms with Crippen molar-refractivity contribution in [3.8, 4) is 0 Å². The van der Waals surface area contributed by atoms with Crippen LogP contribution in [0.2, 0.25) is 0 Å². The van der Waals surface area contributed by atoms with Gasteiger partial charge in [0.25, 0.3) is 0 Å². The molecule has 0 bridgehead atoms. The van der Waals surface area contributed by atoms with Crippen molar-refractivity contribution in [1.82, 2.24) is 9.97 Å². The Balaban J connectivity index is 2.91. The van der Waals surface area contributed by atoms with E-state index < -0.39 is 0 Å². The molecule has 0 saturated heterocycles. The summed E-state index contributed by atoms with van der Waals surface area (Å²) in [6.07, 6.45) is 3.31. The number of hydrogen-bond acceptors (Lipinski definition) is 3. The van der Waals surface area contributed by atoms with Crippen molar-refractivity contribution in [2.45, 2.75) is 13.8 Å². The maximum atomic E-state index is 5.00. The molecule has 0 aliphatic carbocycles. The Labute approximate surface area is 64.1 Å². The fraction of sp³-hybridized carbons (Fsp3) is 0.250. The molecule has 0 radical (unpaired) electrons. The molecule has 0 aromatic carbocycles. The van der Waals surface area contributed by atoms with Crippen LogP contribution in [0.4, 0.5) is 0 Å². The molecule has 3 heteroatoms. The van der Waals surface area contributed by atoms with Crippen LogP contribution in [0.1, 0.15) is 11.5 Å². The SMILES string of the molecule is Cc1nc(C)c2cocc2n1. The molecule has 3 nitrogen and oxygen atoms in total. The Kier molecular flexibility index (Phi) is 1.18. The quantitative estimate of drug-likeness (QED) is 0.572. The summed E-state index contributed by atoms with van der Waals surface area (Å²) in [7, 11) is 0. The summed E-state index contributed by atoms with van der Waals surface area (Å²) >= 11 is 0. The van der Waals surface area contributed by atoms with Gasteiger partial charge >= 0.3 is 0 Å². The molecule has 0 spiro atoms. The fourth-order valence-electron chi connectivity index (χ4n) is 1.15. The van der Waals surface area contributed by atoms with Crippen LogP contribution >= 0.6 is 0 Å². The maximum absolute atomic E-state index is 5.00. The van der Waals surface area contributed by atoms with Crippen molar-refractivity contribution in [1.29, 1.82) is 0 Å². The number of hydrogen-bond donors (Lipinski definition) is 0. The Morgan fingerprint density at radius 1 is 1.18 bits per heavy atom. The van der Waals surface area contributed by atoms with E-state index in [9.17, 15) is 0 Å². The molecule has 0 unspecified atom stereocenters. The van der Waals surface area contributed by atoms with E-state index in [0.29, 0.717) is 0 Å². The van der Waals surface area contributed by atoms with Crippen LogP contribution in [-0.4, -0.2) is 9.97 Å². The van der Waals surface area contributed by atoms with Crippen LogP contribution < -0.4 is 0 Å². The van der Waals surface area contributed by atoms with Gasteiger partial charge in [-0.05, 0) is 13.8 Å². The number of rotatable bonds is 0. The third-order valence-electron chi connectivity index (χ3n) is 1.64. The summed E-state index contributed by atoms with van der Waals surface area (Å²) in [5.74, 6) is 0.788. The summed E-state index contributed by atoms with van der Waals surface area (Å²) in [6.45, 7) is 3.83. The smallest absolute Gasteiger partial charge is 0.126 e. The monoisotopic (exact) mass is 148 g/mol. The van der Waals surface area contributed by atoms with Gasteiger partial charge in [-0.1, -0.05) is 0 Å². The van der Waals surface area contributed by atoms with Crippen LogP contribution in [-0.2, 0) is 0 Å². The first-order chi connectivity index (χ1) is 5.27. The van der Waals surface area contributed by atoms with Gasteiger partial charge in [0.05, 0.1) is 11.1 Å². The van der Waals surface area contributed by atoms with Gasteiger partial charge in [-0.3, -0.25) is 0 Å². The van der Waals surface area contributed by atoms with Gasteiger partial charge in [0.1, 0.15) is 23.9 Å². The molecular weight excluding hydrogens is 140 g/mol. The fourth-order valence-corrected chi connectivity index (χ4v) is 1.15. The average molecular weight is 148 g/mol. The predicted molar refractivity (Wildman–Crippen MR) is 41.3 cm³/mol. The lowest BCUT2D eigenvalue weighted by atomic mass is 10.3. The second kappa shape index (κ2) is 2.05. The van der Waals surface area contributed by atoms with Crippen molar-refractivity contribution < 1.29 is 4.42 Å². The van der Waals surface area contributed by atoms with Gasteiger partial charge < -0.3 is 4.42 Å². The van der Waals surface area contributed by atoms with Gasteiger partial charge in [0.15, 0.2) is 0 Å². The van der Waals surface area contributed by atoms with Crippen molar-refractivity contribution in [3.05, 3.63) is 24.0 Å². The zero-order valence-electron chi connectivity index (χ0n) is 6.46. The summed E-state index contributed by atoms with van der Waals surface area (Å²) in [5.41, 5.74) is 1.86. The van der Waals surface area contributed by atoms with E-state index in [1.807, 2.05) is 13.8 Å². The van der Waals surface area contributed by atoms with E-state index in [2.05, 4.69) is 9.97 Å². The van der Waals surface area contributed by atoms with Crippen LogP contribution in [0.5, 0.6) is 0 Å². The van der Waals surface area contributed by atoms with E-state index in [0.717, 1.165) is 22.4 Å². The minimum absolute atomic E-state index is 0.788. The Morgan fingerprint density at radius 3 is 2.82 bits per heavy atom. The highest BCUT2D eigenvalue weighted by molar-refractivity contribution is 5.78. The lowest BCUT2D eigenvalue weighted by molar-refractivity contribution is 0.571. The molecule has 2 aromatic rings. The lowest BCUT2D eigenvalue weighted by Gasteiger charge is -1.94. The third-order valence-corrected chi connectivity index (χ3v) is 1.64. The van der Waals surface area contributed by atoms with Crippen LogP contribution in [0.3, 0.4) is 0 Å². The molecule has 2 aromatic heterocycles. The third kappa shape index (κ3) is 0.888. The van der Waals surface area contributed by atoms with Crippen LogP contribution in [0.25, 0.3) is 10.9 Å². The summed E-state index contributed by atoms with van der Waals surface area (Å²) in [6, 6.07) is 0. The number of aryl methyl sites for hydroxylation is 2. The zero-order valence-corrected chi connectivity index (χ0v) is 6.46. The Bertz CT molecular complexity index is 392. The van der Waals surface area contributed by atoms with Gasteiger partial charge in [0, 0.05) is 0 Å². The molecule has 0 aliphatic heterocycles. The number of aromatic nitrogens is 2. The largest absolute Gasteiger partial charge is 0.470 e. The molecule has 0 fully saturated rings. The maximum Gasteiger partial charge on any atom is 0.126 e. The molecule has 0 saturated carbocycles. The number of nitrogens with zero attached hydrogens (tertiary/aromatic N) is 2. The van der Waals surface area contributed by atoms with Crippen molar-refractivity contribution in [3.63, 3.8) is 0 Å². The summed E-state index contributed by atoms with van der Waals surface area (Å²) in [4.78, 5) is 8.39. The molecule has 0 aliphatic rings. The molecule has 56 valence electrons. The van der Waals surface area contributed by atoms with Gasteiger partial charge in [-0.15, -0.1) is 0 Å². The molecular formula is C8H8N2O. The van der Waals surface area contributed by atoms with Crippen LogP contribution in [0.15, 0.2) is 16.9 Å². The van der Waals surface area contributed by atoms with E-state index in [4.69, 9.17) is 4.42 Å². The van der Waals surface area contributed by atoms with E-state index >= 15 is 0 Å². The molecule has 2 rings (SSSR count). The topological polar surface area (TPSA) is 38.9 Å². The summed E-state index contributed by atoms with van der Waals surface area (Å²) in [5, 5.41) is 0.996. The first kappa shape index (κ1) is 6.34. The van der Waals surface area contributed by atoms with Crippen molar-refractivity contribution in [2.24, 2.45) is 0 Å². The highest BCUT2D eigenvalue weighted by Crippen LogP contribution is 2.15. The Hall–Kier alpha value is -1.38.